The summed E-state index contributed by atoms with van der Waals surface area (Å²) in [7, 11) is 0. The molecule has 0 aliphatic rings. The van der Waals surface area contributed by atoms with Crippen molar-refractivity contribution in [3.05, 3.63) is 52.7 Å². The SMILES string of the molecule is CCC(CC)c1cc(CNC(=O)c2ccc(C(=O)O)cc2F)on1. The Labute approximate surface area is 138 Å². The highest BCUT2D eigenvalue weighted by atomic mass is 19.1. The molecule has 0 aliphatic heterocycles. The van der Waals surface area contributed by atoms with Crippen molar-refractivity contribution in [3.8, 4) is 0 Å². The van der Waals surface area contributed by atoms with Crippen LogP contribution in [-0.4, -0.2) is 22.1 Å². The molecule has 0 aliphatic carbocycles. The number of hydrogen-bond acceptors (Lipinski definition) is 4. The number of aromatic carboxylic acids is 1. The predicted octanol–water partition coefficient (Wildman–Crippen LogP) is 3.35. The average Bonchev–Trinajstić information content (AvgIpc) is 3.02. The largest absolute Gasteiger partial charge is 0.478 e. The van der Waals surface area contributed by atoms with E-state index in [-0.39, 0.29) is 17.7 Å². The molecule has 0 radical (unpaired) electrons. The Hall–Kier alpha value is -2.70. The van der Waals surface area contributed by atoms with Gasteiger partial charge in [-0.05, 0) is 31.0 Å². The van der Waals surface area contributed by atoms with E-state index in [0.29, 0.717) is 11.7 Å². The summed E-state index contributed by atoms with van der Waals surface area (Å²) in [5.41, 5.74) is 0.398. The highest BCUT2D eigenvalue weighted by molar-refractivity contribution is 5.96. The quantitative estimate of drug-likeness (QED) is 0.810. The highest BCUT2D eigenvalue weighted by Crippen LogP contribution is 2.22. The van der Waals surface area contributed by atoms with Crippen LogP contribution in [-0.2, 0) is 6.54 Å². The van der Waals surface area contributed by atoms with Crippen molar-refractivity contribution in [2.24, 2.45) is 0 Å². The molecule has 128 valence electrons. The second kappa shape index (κ2) is 7.72. The molecule has 2 rings (SSSR count). The van der Waals surface area contributed by atoms with Gasteiger partial charge in [-0.15, -0.1) is 0 Å². The predicted molar refractivity (Wildman–Crippen MR) is 84.4 cm³/mol. The van der Waals surface area contributed by atoms with Gasteiger partial charge in [-0.3, -0.25) is 4.79 Å². The fourth-order valence-electron chi connectivity index (χ4n) is 2.41. The van der Waals surface area contributed by atoms with Crippen molar-refractivity contribution in [1.29, 1.82) is 0 Å². The second-order valence-corrected chi connectivity index (χ2v) is 5.41. The zero-order chi connectivity index (χ0) is 17.7. The minimum atomic E-state index is -1.25. The van der Waals surface area contributed by atoms with E-state index in [1.807, 2.05) is 0 Å². The van der Waals surface area contributed by atoms with Crippen molar-refractivity contribution in [2.45, 2.75) is 39.2 Å². The third kappa shape index (κ3) is 3.98. The van der Waals surface area contributed by atoms with Gasteiger partial charge in [0.25, 0.3) is 5.91 Å². The summed E-state index contributed by atoms with van der Waals surface area (Å²) in [5.74, 6) is -2.00. The third-order valence-corrected chi connectivity index (χ3v) is 3.86. The van der Waals surface area contributed by atoms with Gasteiger partial charge < -0.3 is 14.9 Å². The van der Waals surface area contributed by atoms with Gasteiger partial charge in [-0.1, -0.05) is 19.0 Å². The molecule has 1 amide bonds. The van der Waals surface area contributed by atoms with E-state index in [0.717, 1.165) is 30.7 Å². The van der Waals surface area contributed by atoms with Crippen molar-refractivity contribution in [2.75, 3.05) is 0 Å². The molecule has 0 saturated heterocycles. The van der Waals surface area contributed by atoms with Crippen LogP contribution >= 0.6 is 0 Å². The molecule has 2 N–H and O–H groups in total. The van der Waals surface area contributed by atoms with Gasteiger partial charge in [0, 0.05) is 12.0 Å². The molecular formula is C17H19FN2O4. The zero-order valence-corrected chi connectivity index (χ0v) is 13.5. The lowest BCUT2D eigenvalue weighted by atomic mass is 9.99. The first-order chi connectivity index (χ1) is 11.5. The van der Waals surface area contributed by atoms with E-state index < -0.39 is 17.7 Å². The van der Waals surface area contributed by atoms with E-state index in [2.05, 4.69) is 24.3 Å². The Morgan fingerprint density at radius 2 is 2.00 bits per heavy atom. The average molecular weight is 334 g/mol. The summed E-state index contributed by atoms with van der Waals surface area (Å²) >= 11 is 0. The maximum absolute atomic E-state index is 13.8. The molecule has 7 heteroatoms. The standard InChI is InChI=1S/C17H19FN2O4/c1-3-10(4-2)15-8-12(24-20-15)9-19-16(21)13-6-5-11(17(22)23)7-14(13)18/h5-8,10H,3-4,9H2,1-2H3,(H,19,21)(H,22,23). The van der Waals surface area contributed by atoms with E-state index in [4.69, 9.17) is 9.63 Å². The number of carbonyl (C=O) groups is 2. The molecule has 24 heavy (non-hydrogen) atoms. The number of nitrogens with one attached hydrogen (secondary N) is 1. The number of halogens is 1. The monoisotopic (exact) mass is 334 g/mol. The molecule has 0 atom stereocenters. The van der Waals surface area contributed by atoms with Crippen LogP contribution in [0.1, 0.15) is 64.8 Å². The molecule has 0 fully saturated rings. The number of carboxylic acid groups (broad SMARTS) is 1. The van der Waals surface area contributed by atoms with Crippen LogP contribution in [0.15, 0.2) is 28.8 Å². The number of carbonyl (C=O) groups excluding carboxylic acids is 1. The molecule has 0 bridgehead atoms. The third-order valence-electron chi connectivity index (χ3n) is 3.86. The van der Waals surface area contributed by atoms with Crippen LogP contribution in [0.5, 0.6) is 0 Å². The Morgan fingerprint density at radius 3 is 2.58 bits per heavy atom. The number of hydrogen-bond donors (Lipinski definition) is 2. The van der Waals surface area contributed by atoms with Gasteiger partial charge in [-0.2, -0.15) is 0 Å². The zero-order valence-electron chi connectivity index (χ0n) is 13.5. The summed E-state index contributed by atoms with van der Waals surface area (Å²) in [4.78, 5) is 22.8. The van der Waals surface area contributed by atoms with Crippen molar-refractivity contribution >= 4 is 11.9 Å². The molecule has 0 unspecified atom stereocenters. The van der Waals surface area contributed by atoms with Crippen molar-refractivity contribution in [3.63, 3.8) is 0 Å². The number of nitrogens with zero attached hydrogens (tertiary/aromatic N) is 1. The minimum Gasteiger partial charge on any atom is -0.478 e. The lowest BCUT2D eigenvalue weighted by molar-refractivity contribution is 0.0695. The number of rotatable bonds is 7. The molecule has 1 heterocycles. The van der Waals surface area contributed by atoms with E-state index >= 15 is 0 Å². The maximum Gasteiger partial charge on any atom is 0.335 e. The molecule has 0 spiro atoms. The summed E-state index contributed by atoms with van der Waals surface area (Å²) in [6, 6.07) is 4.92. The first kappa shape index (κ1) is 17.7. The van der Waals surface area contributed by atoms with Crippen LogP contribution in [0, 0.1) is 5.82 Å². The summed E-state index contributed by atoms with van der Waals surface area (Å²) in [5, 5.41) is 15.3. The van der Waals surface area contributed by atoms with Gasteiger partial charge in [-0.25, -0.2) is 9.18 Å². The number of aromatic nitrogens is 1. The smallest absolute Gasteiger partial charge is 0.335 e. The van der Waals surface area contributed by atoms with Crippen LogP contribution in [0.2, 0.25) is 0 Å². The van der Waals surface area contributed by atoms with E-state index in [9.17, 15) is 14.0 Å². The number of benzene rings is 1. The fraction of sp³-hybridized carbons (Fsp3) is 0.353. The van der Waals surface area contributed by atoms with E-state index in [1.165, 1.54) is 6.07 Å². The van der Waals surface area contributed by atoms with Crippen molar-refractivity contribution < 1.29 is 23.6 Å². The van der Waals surface area contributed by atoms with Crippen LogP contribution in [0.3, 0.4) is 0 Å². The Morgan fingerprint density at radius 1 is 1.29 bits per heavy atom. The van der Waals surface area contributed by atoms with Gasteiger partial charge in [0.05, 0.1) is 23.4 Å². The summed E-state index contributed by atoms with van der Waals surface area (Å²) in [6.45, 7) is 4.20. The van der Waals surface area contributed by atoms with Crippen LogP contribution < -0.4 is 5.32 Å². The first-order valence-electron chi connectivity index (χ1n) is 7.72. The fourth-order valence-corrected chi connectivity index (χ4v) is 2.41. The highest BCUT2D eigenvalue weighted by Gasteiger charge is 2.16. The topological polar surface area (TPSA) is 92.4 Å². The molecular weight excluding hydrogens is 315 g/mol. The van der Waals surface area contributed by atoms with Gasteiger partial charge in [0.1, 0.15) is 5.82 Å². The molecule has 6 nitrogen and oxygen atoms in total. The lowest BCUT2D eigenvalue weighted by Crippen LogP contribution is -2.23. The maximum atomic E-state index is 13.8. The van der Waals surface area contributed by atoms with E-state index in [1.54, 1.807) is 6.07 Å². The van der Waals surface area contributed by atoms with Crippen LogP contribution in [0.4, 0.5) is 4.39 Å². The van der Waals surface area contributed by atoms with Crippen molar-refractivity contribution in [1.82, 2.24) is 10.5 Å². The molecule has 2 aromatic rings. The van der Waals surface area contributed by atoms with Gasteiger partial charge in [0.15, 0.2) is 5.76 Å². The Kier molecular flexibility index (Phi) is 5.68. The molecule has 1 aromatic heterocycles. The number of amides is 1. The molecule has 0 saturated carbocycles. The first-order valence-corrected chi connectivity index (χ1v) is 7.72. The van der Waals surface area contributed by atoms with Crippen LogP contribution in [0.25, 0.3) is 0 Å². The molecule has 1 aromatic carbocycles. The Bertz CT molecular complexity index is 738. The lowest BCUT2D eigenvalue weighted by Gasteiger charge is -2.06. The summed E-state index contributed by atoms with van der Waals surface area (Å²) < 4.78 is 19.0. The van der Waals surface area contributed by atoms with Gasteiger partial charge >= 0.3 is 5.97 Å². The minimum absolute atomic E-state index is 0.0755. The number of carboxylic acids is 1. The summed E-state index contributed by atoms with van der Waals surface area (Å²) in [6.07, 6.45) is 1.88. The van der Waals surface area contributed by atoms with Gasteiger partial charge in [0.2, 0.25) is 0 Å². The Balaban J connectivity index is 2.02. The second-order valence-electron chi connectivity index (χ2n) is 5.41. The normalized spacial score (nSPS) is 10.8.